The van der Waals surface area contributed by atoms with Crippen LogP contribution in [-0.4, -0.2) is 15.9 Å². The molecule has 92 valence electrons. The van der Waals surface area contributed by atoms with Crippen LogP contribution in [-0.2, 0) is 11.2 Å². The zero-order valence-electron chi connectivity index (χ0n) is 9.23. The quantitative estimate of drug-likeness (QED) is 0.695. The first-order valence-corrected chi connectivity index (χ1v) is 5.93. The van der Waals surface area contributed by atoms with Crippen molar-refractivity contribution >= 4 is 34.9 Å². The van der Waals surface area contributed by atoms with Gasteiger partial charge in [0, 0.05) is 6.07 Å². The fourth-order valence-electron chi connectivity index (χ4n) is 1.42. The van der Waals surface area contributed by atoms with Crippen LogP contribution in [0.15, 0.2) is 36.4 Å². The minimum atomic E-state index is -0.188. The topological polar surface area (TPSA) is 54.9 Å². The number of carbonyl (C=O) groups excluding carboxylic acids is 1. The van der Waals surface area contributed by atoms with Gasteiger partial charge in [-0.2, -0.15) is 0 Å². The van der Waals surface area contributed by atoms with E-state index >= 15 is 0 Å². The van der Waals surface area contributed by atoms with E-state index in [2.05, 4.69) is 15.3 Å². The molecule has 0 aliphatic carbocycles. The van der Waals surface area contributed by atoms with Crippen LogP contribution < -0.4 is 5.32 Å². The lowest BCUT2D eigenvalue weighted by Gasteiger charge is -2.05. The molecule has 0 fully saturated rings. The van der Waals surface area contributed by atoms with E-state index in [9.17, 15) is 4.79 Å². The van der Waals surface area contributed by atoms with Crippen LogP contribution in [0.5, 0.6) is 0 Å². The standard InChI is InChI=1S/C12H9Cl2N3O/c13-9-7-10(17-12(14)15-9)16-11(18)6-8-4-2-1-3-5-8/h1-5,7H,6H2,(H,15,16,17,18). The summed E-state index contributed by atoms with van der Waals surface area (Å²) in [5, 5.41) is 2.80. The van der Waals surface area contributed by atoms with Crippen LogP contribution in [0.4, 0.5) is 5.82 Å². The summed E-state index contributed by atoms with van der Waals surface area (Å²) >= 11 is 11.3. The fraction of sp³-hybridized carbons (Fsp3) is 0.0833. The maximum atomic E-state index is 11.7. The lowest BCUT2D eigenvalue weighted by molar-refractivity contribution is -0.115. The third-order valence-corrected chi connectivity index (χ3v) is 2.51. The molecule has 0 aliphatic rings. The summed E-state index contributed by atoms with van der Waals surface area (Å²) in [5.74, 6) is 0.105. The average molecular weight is 282 g/mol. The molecule has 0 saturated heterocycles. The van der Waals surface area contributed by atoms with Crippen LogP contribution in [0.1, 0.15) is 5.56 Å². The summed E-state index contributed by atoms with van der Waals surface area (Å²) in [4.78, 5) is 19.3. The van der Waals surface area contributed by atoms with Crippen LogP contribution in [0.25, 0.3) is 0 Å². The number of nitrogens with zero attached hydrogens (tertiary/aromatic N) is 2. The van der Waals surface area contributed by atoms with Gasteiger partial charge in [-0.05, 0) is 17.2 Å². The Labute approximate surface area is 114 Å². The molecule has 1 aromatic heterocycles. The van der Waals surface area contributed by atoms with Crippen molar-refractivity contribution in [3.8, 4) is 0 Å². The fourth-order valence-corrected chi connectivity index (χ4v) is 1.83. The van der Waals surface area contributed by atoms with Gasteiger partial charge in [0.25, 0.3) is 0 Å². The molecule has 0 bridgehead atoms. The van der Waals surface area contributed by atoms with E-state index in [1.165, 1.54) is 6.07 Å². The van der Waals surface area contributed by atoms with E-state index in [1.807, 2.05) is 30.3 Å². The molecule has 1 amide bonds. The summed E-state index contributed by atoms with van der Waals surface area (Å²) in [6, 6.07) is 10.8. The molecule has 0 atom stereocenters. The van der Waals surface area contributed by atoms with Crippen molar-refractivity contribution in [2.75, 3.05) is 5.32 Å². The highest BCUT2D eigenvalue weighted by molar-refractivity contribution is 6.32. The summed E-state index contributed by atoms with van der Waals surface area (Å²) in [6.07, 6.45) is 0.264. The Kier molecular flexibility index (Phi) is 4.12. The second-order valence-electron chi connectivity index (χ2n) is 3.56. The number of aromatic nitrogens is 2. The molecular formula is C12H9Cl2N3O. The Balaban J connectivity index is 2.03. The SMILES string of the molecule is O=C(Cc1ccccc1)Nc1cc(Cl)nc(Cl)n1. The second kappa shape index (κ2) is 5.80. The first kappa shape index (κ1) is 12.8. The van der Waals surface area contributed by atoms with Gasteiger partial charge in [0.15, 0.2) is 0 Å². The van der Waals surface area contributed by atoms with E-state index in [4.69, 9.17) is 23.2 Å². The Hall–Kier alpha value is -1.65. The molecule has 2 aromatic rings. The number of rotatable bonds is 3. The predicted octanol–water partition coefficient (Wildman–Crippen LogP) is 2.96. The summed E-state index contributed by atoms with van der Waals surface area (Å²) in [5.41, 5.74) is 0.918. The molecule has 1 heterocycles. The van der Waals surface area contributed by atoms with Crippen LogP contribution in [0.2, 0.25) is 10.4 Å². The zero-order valence-corrected chi connectivity index (χ0v) is 10.7. The summed E-state index contributed by atoms with van der Waals surface area (Å²) in [6.45, 7) is 0. The van der Waals surface area contributed by atoms with Gasteiger partial charge in [0.2, 0.25) is 11.2 Å². The minimum absolute atomic E-state index is 0.00230. The third-order valence-electron chi connectivity index (χ3n) is 2.14. The molecule has 6 heteroatoms. The molecule has 2 rings (SSSR count). The third kappa shape index (κ3) is 3.68. The normalized spacial score (nSPS) is 10.1. The van der Waals surface area contributed by atoms with Crippen LogP contribution in [0.3, 0.4) is 0 Å². The Morgan fingerprint density at radius 3 is 2.56 bits per heavy atom. The van der Waals surface area contributed by atoms with Crippen LogP contribution in [0, 0.1) is 0 Å². The van der Waals surface area contributed by atoms with Crippen molar-refractivity contribution in [1.82, 2.24) is 9.97 Å². The Bertz CT molecular complexity index is 540. The number of carbonyl (C=O) groups is 1. The zero-order chi connectivity index (χ0) is 13.0. The van der Waals surface area contributed by atoms with Gasteiger partial charge in [-0.1, -0.05) is 41.9 Å². The molecule has 1 N–H and O–H groups in total. The highest BCUT2D eigenvalue weighted by atomic mass is 35.5. The smallest absolute Gasteiger partial charge is 0.229 e. The number of hydrogen-bond acceptors (Lipinski definition) is 3. The molecule has 4 nitrogen and oxygen atoms in total. The largest absolute Gasteiger partial charge is 0.310 e. The van der Waals surface area contributed by atoms with Gasteiger partial charge < -0.3 is 5.32 Å². The van der Waals surface area contributed by atoms with E-state index in [0.717, 1.165) is 5.56 Å². The van der Waals surface area contributed by atoms with Gasteiger partial charge in [0.05, 0.1) is 6.42 Å². The predicted molar refractivity (Wildman–Crippen MR) is 70.8 cm³/mol. The number of benzene rings is 1. The van der Waals surface area contributed by atoms with Gasteiger partial charge in [-0.3, -0.25) is 4.79 Å². The molecule has 0 spiro atoms. The Morgan fingerprint density at radius 2 is 1.89 bits per heavy atom. The molecule has 0 radical (unpaired) electrons. The van der Waals surface area contributed by atoms with Gasteiger partial charge in [-0.25, -0.2) is 9.97 Å². The number of hydrogen-bond donors (Lipinski definition) is 1. The van der Waals surface area contributed by atoms with Crippen LogP contribution >= 0.6 is 23.2 Å². The molecule has 1 aromatic carbocycles. The van der Waals surface area contributed by atoms with Crippen molar-refractivity contribution in [2.45, 2.75) is 6.42 Å². The maximum absolute atomic E-state index is 11.7. The lowest BCUT2D eigenvalue weighted by atomic mass is 10.1. The molecule has 18 heavy (non-hydrogen) atoms. The van der Waals surface area contributed by atoms with Crippen molar-refractivity contribution in [3.05, 3.63) is 52.4 Å². The lowest BCUT2D eigenvalue weighted by Crippen LogP contribution is -2.15. The number of anilines is 1. The first-order valence-electron chi connectivity index (χ1n) is 5.17. The van der Waals surface area contributed by atoms with Crippen molar-refractivity contribution in [3.63, 3.8) is 0 Å². The highest BCUT2D eigenvalue weighted by Crippen LogP contribution is 2.14. The number of halogens is 2. The van der Waals surface area contributed by atoms with Crippen molar-refractivity contribution in [1.29, 1.82) is 0 Å². The van der Waals surface area contributed by atoms with Crippen molar-refractivity contribution < 1.29 is 4.79 Å². The first-order chi connectivity index (χ1) is 8.63. The molecular weight excluding hydrogens is 273 g/mol. The molecule has 0 aliphatic heterocycles. The van der Waals surface area contributed by atoms with E-state index < -0.39 is 0 Å². The van der Waals surface area contributed by atoms with E-state index in [0.29, 0.717) is 5.82 Å². The molecule has 0 unspecified atom stereocenters. The Morgan fingerprint density at radius 1 is 1.17 bits per heavy atom. The minimum Gasteiger partial charge on any atom is -0.310 e. The number of amides is 1. The average Bonchev–Trinajstić information content (AvgIpc) is 2.28. The molecule has 0 saturated carbocycles. The maximum Gasteiger partial charge on any atom is 0.229 e. The van der Waals surface area contributed by atoms with E-state index in [-0.39, 0.29) is 22.8 Å². The summed E-state index contributed by atoms with van der Waals surface area (Å²) in [7, 11) is 0. The van der Waals surface area contributed by atoms with Crippen molar-refractivity contribution in [2.24, 2.45) is 0 Å². The van der Waals surface area contributed by atoms with E-state index in [1.54, 1.807) is 0 Å². The van der Waals surface area contributed by atoms with Gasteiger partial charge >= 0.3 is 0 Å². The van der Waals surface area contributed by atoms with Gasteiger partial charge in [0.1, 0.15) is 11.0 Å². The summed E-state index contributed by atoms with van der Waals surface area (Å²) < 4.78 is 0. The number of nitrogens with one attached hydrogen (secondary N) is 1. The monoisotopic (exact) mass is 281 g/mol. The second-order valence-corrected chi connectivity index (χ2v) is 4.28. The van der Waals surface area contributed by atoms with Gasteiger partial charge in [-0.15, -0.1) is 0 Å². The highest BCUT2D eigenvalue weighted by Gasteiger charge is 2.07.